The highest BCUT2D eigenvalue weighted by Crippen LogP contribution is 2.25. The third kappa shape index (κ3) is 1.99. The van der Waals surface area contributed by atoms with Gasteiger partial charge in [-0.3, -0.25) is 0 Å². The van der Waals surface area contributed by atoms with E-state index in [0.717, 1.165) is 0 Å². The summed E-state index contributed by atoms with van der Waals surface area (Å²) >= 11 is 5.59. The topological polar surface area (TPSA) is 33.1 Å². The quantitative estimate of drug-likeness (QED) is 0.823. The van der Waals surface area contributed by atoms with Crippen LogP contribution in [0.4, 0.5) is 4.39 Å². The van der Waals surface area contributed by atoms with Gasteiger partial charge < -0.3 is 5.11 Å². The Hall–Kier alpha value is -1.61. The van der Waals surface area contributed by atoms with E-state index in [1.54, 1.807) is 19.1 Å². The summed E-state index contributed by atoms with van der Waals surface area (Å²) in [4.78, 5) is 4.15. The Morgan fingerprint density at radius 2 is 2.00 bits per heavy atom. The number of aryl methyl sites for hydroxylation is 1. The number of halogens is 2. The van der Waals surface area contributed by atoms with E-state index >= 15 is 0 Å². The molecule has 0 saturated heterocycles. The van der Waals surface area contributed by atoms with E-state index in [2.05, 4.69) is 4.98 Å². The number of aromatic nitrogens is 1. The molecule has 0 aliphatic heterocycles. The first-order valence-electron chi connectivity index (χ1n) is 4.70. The van der Waals surface area contributed by atoms with Gasteiger partial charge in [0.1, 0.15) is 11.6 Å². The zero-order chi connectivity index (χ0) is 11.7. The third-order valence-corrected chi connectivity index (χ3v) is 2.58. The van der Waals surface area contributed by atoms with Crippen molar-refractivity contribution in [3.63, 3.8) is 0 Å². The summed E-state index contributed by atoms with van der Waals surface area (Å²) in [6.45, 7) is 1.69. The van der Waals surface area contributed by atoms with E-state index in [1.807, 2.05) is 0 Å². The number of nitrogens with zero attached hydrogens (tertiary/aromatic N) is 1. The second-order valence-corrected chi connectivity index (χ2v) is 3.84. The fraction of sp³-hybridized carbons (Fsp3) is 0.0833. The Kier molecular flexibility index (Phi) is 2.79. The average molecular weight is 238 g/mol. The van der Waals surface area contributed by atoms with Crippen LogP contribution in [0.25, 0.3) is 11.3 Å². The minimum atomic E-state index is -0.480. The SMILES string of the molecule is Cc1nc(-c2ccc(Cl)c(F)c2)ccc1O. The molecule has 1 aromatic heterocycles. The molecule has 0 bridgehead atoms. The summed E-state index contributed by atoms with van der Waals surface area (Å²) in [6.07, 6.45) is 0. The van der Waals surface area contributed by atoms with E-state index in [1.165, 1.54) is 18.2 Å². The summed E-state index contributed by atoms with van der Waals surface area (Å²) in [5.41, 5.74) is 1.74. The van der Waals surface area contributed by atoms with Gasteiger partial charge in [-0.1, -0.05) is 17.7 Å². The lowest BCUT2D eigenvalue weighted by atomic mass is 10.1. The molecule has 1 N–H and O–H groups in total. The van der Waals surface area contributed by atoms with E-state index in [-0.39, 0.29) is 10.8 Å². The lowest BCUT2D eigenvalue weighted by Gasteiger charge is -2.04. The zero-order valence-corrected chi connectivity index (χ0v) is 9.29. The Balaban J connectivity index is 2.50. The largest absolute Gasteiger partial charge is 0.506 e. The van der Waals surface area contributed by atoms with Gasteiger partial charge in [-0.2, -0.15) is 0 Å². The monoisotopic (exact) mass is 237 g/mol. The van der Waals surface area contributed by atoms with Gasteiger partial charge in [0, 0.05) is 5.56 Å². The van der Waals surface area contributed by atoms with E-state index < -0.39 is 5.82 Å². The van der Waals surface area contributed by atoms with Crippen LogP contribution in [0.3, 0.4) is 0 Å². The van der Waals surface area contributed by atoms with Gasteiger partial charge in [-0.05, 0) is 31.2 Å². The molecule has 0 fully saturated rings. The molecular weight excluding hydrogens is 229 g/mol. The molecular formula is C12H9ClFNO. The number of aromatic hydroxyl groups is 1. The third-order valence-electron chi connectivity index (χ3n) is 2.27. The zero-order valence-electron chi connectivity index (χ0n) is 8.54. The summed E-state index contributed by atoms with van der Waals surface area (Å²) in [5, 5.41) is 9.41. The predicted molar refractivity (Wildman–Crippen MR) is 61.0 cm³/mol. The molecule has 0 spiro atoms. The molecule has 0 unspecified atom stereocenters. The minimum absolute atomic E-state index is 0.0826. The molecule has 0 aliphatic carbocycles. The molecule has 16 heavy (non-hydrogen) atoms. The van der Waals surface area contributed by atoms with Gasteiger partial charge in [0.05, 0.1) is 16.4 Å². The maximum absolute atomic E-state index is 13.2. The Labute approximate surface area is 97.3 Å². The highest BCUT2D eigenvalue weighted by atomic mass is 35.5. The highest BCUT2D eigenvalue weighted by Gasteiger charge is 2.06. The van der Waals surface area contributed by atoms with Crippen molar-refractivity contribution in [2.45, 2.75) is 6.92 Å². The Bertz CT molecular complexity index is 493. The Morgan fingerprint density at radius 1 is 1.25 bits per heavy atom. The van der Waals surface area contributed by atoms with Crippen LogP contribution in [0.1, 0.15) is 5.69 Å². The van der Waals surface area contributed by atoms with Crippen molar-refractivity contribution >= 4 is 11.6 Å². The maximum Gasteiger partial charge on any atom is 0.142 e. The van der Waals surface area contributed by atoms with Gasteiger partial charge >= 0.3 is 0 Å². The van der Waals surface area contributed by atoms with Gasteiger partial charge in [-0.25, -0.2) is 9.37 Å². The van der Waals surface area contributed by atoms with Crippen LogP contribution in [-0.4, -0.2) is 10.1 Å². The van der Waals surface area contributed by atoms with Crippen molar-refractivity contribution in [1.29, 1.82) is 0 Å². The fourth-order valence-corrected chi connectivity index (χ4v) is 1.49. The molecule has 0 aliphatic rings. The molecule has 2 nitrogen and oxygen atoms in total. The summed E-state index contributed by atoms with van der Waals surface area (Å²) in [5.74, 6) is -0.357. The fourth-order valence-electron chi connectivity index (χ4n) is 1.37. The molecule has 0 amide bonds. The van der Waals surface area contributed by atoms with E-state index in [9.17, 15) is 9.50 Å². The summed E-state index contributed by atoms with van der Waals surface area (Å²) in [6, 6.07) is 7.65. The van der Waals surface area contributed by atoms with Crippen LogP contribution >= 0.6 is 11.6 Å². The van der Waals surface area contributed by atoms with Crippen molar-refractivity contribution in [3.8, 4) is 17.0 Å². The van der Waals surface area contributed by atoms with Crippen molar-refractivity contribution < 1.29 is 9.50 Å². The van der Waals surface area contributed by atoms with Crippen LogP contribution in [0.5, 0.6) is 5.75 Å². The molecule has 2 rings (SSSR count). The smallest absolute Gasteiger partial charge is 0.142 e. The number of benzene rings is 1. The highest BCUT2D eigenvalue weighted by molar-refractivity contribution is 6.30. The van der Waals surface area contributed by atoms with E-state index in [4.69, 9.17) is 11.6 Å². The molecule has 82 valence electrons. The lowest BCUT2D eigenvalue weighted by Crippen LogP contribution is -1.88. The normalized spacial score (nSPS) is 10.4. The number of rotatable bonds is 1. The van der Waals surface area contributed by atoms with Gasteiger partial charge in [0.25, 0.3) is 0 Å². The van der Waals surface area contributed by atoms with Crippen molar-refractivity contribution in [3.05, 3.63) is 46.9 Å². The van der Waals surface area contributed by atoms with Crippen molar-refractivity contribution in [2.24, 2.45) is 0 Å². The van der Waals surface area contributed by atoms with Gasteiger partial charge in [-0.15, -0.1) is 0 Å². The molecule has 0 atom stereocenters. The van der Waals surface area contributed by atoms with Crippen molar-refractivity contribution in [1.82, 2.24) is 4.98 Å². The first kappa shape index (κ1) is 10.9. The van der Waals surface area contributed by atoms with Crippen molar-refractivity contribution in [2.75, 3.05) is 0 Å². The minimum Gasteiger partial charge on any atom is -0.506 e. The first-order chi connectivity index (χ1) is 7.58. The molecule has 0 radical (unpaired) electrons. The molecule has 1 heterocycles. The molecule has 4 heteroatoms. The average Bonchev–Trinajstić information content (AvgIpc) is 2.26. The second-order valence-electron chi connectivity index (χ2n) is 3.43. The maximum atomic E-state index is 13.2. The summed E-state index contributed by atoms with van der Waals surface area (Å²) < 4.78 is 13.2. The molecule has 2 aromatic rings. The Morgan fingerprint density at radius 3 is 2.62 bits per heavy atom. The van der Waals surface area contributed by atoms with Crippen LogP contribution in [0.15, 0.2) is 30.3 Å². The molecule has 1 aromatic carbocycles. The number of hydrogen-bond acceptors (Lipinski definition) is 2. The van der Waals surface area contributed by atoms with Gasteiger partial charge in [0.15, 0.2) is 0 Å². The van der Waals surface area contributed by atoms with Crippen LogP contribution < -0.4 is 0 Å². The van der Waals surface area contributed by atoms with Crippen LogP contribution in [-0.2, 0) is 0 Å². The standard InChI is InChI=1S/C12H9ClFNO/c1-7-12(16)5-4-11(15-7)8-2-3-9(13)10(14)6-8/h2-6,16H,1H3. The number of pyridine rings is 1. The van der Waals surface area contributed by atoms with Gasteiger partial charge in [0.2, 0.25) is 0 Å². The van der Waals surface area contributed by atoms with Crippen LogP contribution in [0.2, 0.25) is 5.02 Å². The molecule has 0 saturated carbocycles. The lowest BCUT2D eigenvalue weighted by molar-refractivity contribution is 0.468. The van der Waals surface area contributed by atoms with Crippen LogP contribution in [0, 0.1) is 12.7 Å². The number of hydrogen-bond donors (Lipinski definition) is 1. The first-order valence-corrected chi connectivity index (χ1v) is 5.08. The summed E-state index contributed by atoms with van der Waals surface area (Å²) in [7, 11) is 0. The van der Waals surface area contributed by atoms with E-state index in [0.29, 0.717) is 17.0 Å². The predicted octanol–water partition coefficient (Wildman–Crippen LogP) is 3.56. The second kappa shape index (κ2) is 4.10.